The molecule has 0 unspecified atom stereocenters. The Bertz CT molecular complexity index is 628. The summed E-state index contributed by atoms with van der Waals surface area (Å²) in [6, 6.07) is 4.57. The summed E-state index contributed by atoms with van der Waals surface area (Å²) < 4.78 is 6.47. The second-order valence-corrected chi connectivity index (χ2v) is 4.19. The first-order valence-electron chi connectivity index (χ1n) is 6.20. The van der Waals surface area contributed by atoms with Gasteiger partial charge in [-0.3, -0.25) is 10.1 Å². The number of benzene rings is 1. The van der Waals surface area contributed by atoms with E-state index in [9.17, 15) is 10.1 Å². The number of nitrogens with one attached hydrogen (secondary N) is 1. The number of hydrogen-bond acceptors (Lipinski definition) is 7. The van der Waals surface area contributed by atoms with Gasteiger partial charge in [-0.05, 0) is 12.1 Å². The number of nitrogens with zero attached hydrogens (tertiary/aromatic N) is 4. The lowest BCUT2D eigenvalue weighted by atomic mass is 10.2. The molecule has 1 aromatic heterocycles. The van der Waals surface area contributed by atoms with Crippen LogP contribution < -0.4 is 10.1 Å². The van der Waals surface area contributed by atoms with Gasteiger partial charge in [-0.25, -0.2) is 4.68 Å². The molecular formula is C12H15N5O4. The second-order valence-electron chi connectivity index (χ2n) is 4.19. The smallest absolute Gasteiger partial charge is 0.296 e. The molecule has 0 bridgehead atoms. The Kier molecular flexibility index (Phi) is 4.67. The number of ether oxygens (including phenoxy) is 1. The van der Waals surface area contributed by atoms with Crippen LogP contribution in [0.4, 0.5) is 11.4 Å². The van der Waals surface area contributed by atoms with Gasteiger partial charge in [0.25, 0.3) is 5.69 Å². The highest BCUT2D eigenvalue weighted by Crippen LogP contribution is 2.29. The predicted molar refractivity (Wildman–Crippen MR) is 74.1 cm³/mol. The molecule has 2 rings (SSSR count). The van der Waals surface area contributed by atoms with Crippen molar-refractivity contribution in [3.8, 4) is 5.75 Å². The van der Waals surface area contributed by atoms with Crippen molar-refractivity contribution in [3.05, 3.63) is 40.2 Å². The third-order valence-electron chi connectivity index (χ3n) is 2.78. The van der Waals surface area contributed by atoms with Crippen LogP contribution in [-0.4, -0.2) is 38.7 Å². The number of hydrogen-bond donors (Lipinski definition) is 2. The molecule has 2 N–H and O–H groups in total. The fraction of sp³-hybridized carbons (Fsp3) is 0.333. The van der Waals surface area contributed by atoms with E-state index in [2.05, 4.69) is 15.6 Å². The van der Waals surface area contributed by atoms with Gasteiger partial charge in [-0.2, -0.15) is 0 Å². The zero-order valence-electron chi connectivity index (χ0n) is 11.4. The van der Waals surface area contributed by atoms with Crippen LogP contribution in [-0.2, 0) is 13.1 Å². The summed E-state index contributed by atoms with van der Waals surface area (Å²) in [4.78, 5) is 10.6. The molecule has 21 heavy (non-hydrogen) atoms. The average Bonchev–Trinajstić information content (AvgIpc) is 2.93. The van der Waals surface area contributed by atoms with Gasteiger partial charge in [-0.15, -0.1) is 5.10 Å². The van der Waals surface area contributed by atoms with Gasteiger partial charge >= 0.3 is 0 Å². The molecule has 1 heterocycles. The lowest BCUT2D eigenvalue weighted by molar-refractivity contribution is -0.384. The van der Waals surface area contributed by atoms with Gasteiger partial charge < -0.3 is 15.2 Å². The van der Waals surface area contributed by atoms with E-state index >= 15 is 0 Å². The first-order valence-corrected chi connectivity index (χ1v) is 6.20. The Morgan fingerprint density at radius 2 is 2.33 bits per heavy atom. The topological polar surface area (TPSA) is 115 Å². The molecule has 0 radical (unpaired) electrons. The summed E-state index contributed by atoms with van der Waals surface area (Å²) in [6.45, 7) is 0.620. The van der Waals surface area contributed by atoms with Crippen molar-refractivity contribution >= 4 is 11.4 Å². The molecule has 112 valence electrons. The summed E-state index contributed by atoms with van der Waals surface area (Å²) >= 11 is 0. The normalized spacial score (nSPS) is 10.4. The zero-order chi connectivity index (χ0) is 15.2. The number of rotatable bonds is 7. The zero-order valence-corrected chi connectivity index (χ0v) is 11.4. The third-order valence-corrected chi connectivity index (χ3v) is 2.78. The van der Waals surface area contributed by atoms with Gasteiger partial charge in [0.05, 0.1) is 44.0 Å². The van der Waals surface area contributed by atoms with Crippen LogP contribution in [0, 0.1) is 10.1 Å². The quantitative estimate of drug-likeness (QED) is 0.573. The molecule has 9 nitrogen and oxygen atoms in total. The van der Waals surface area contributed by atoms with Crippen LogP contribution >= 0.6 is 0 Å². The van der Waals surface area contributed by atoms with E-state index in [1.807, 2.05) is 0 Å². The molecule has 0 aliphatic rings. The highest BCUT2D eigenvalue weighted by Gasteiger charge is 2.15. The summed E-state index contributed by atoms with van der Waals surface area (Å²) in [5, 5.41) is 30.5. The van der Waals surface area contributed by atoms with E-state index in [4.69, 9.17) is 9.84 Å². The monoisotopic (exact) mass is 293 g/mol. The minimum atomic E-state index is -0.479. The first kappa shape index (κ1) is 14.7. The standard InChI is InChI=1S/C12H15N5O4/c1-21-10-2-3-11(12(6-10)17(19)20)13-7-9-8-16(4-5-18)15-14-9/h2-3,6,8,13,18H,4-5,7H2,1H3. The fourth-order valence-corrected chi connectivity index (χ4v) is 1.76. The number of aromatic nitrogens is 3. The van der Waals surface area contributed by atoms with Gasteiger partial charge in [0.1, 0.15) is 17.1 Å². The number of aliphatic hydroxyl groups is 1. The van der Waals surface area contributed by atoms with Crippen LogP contribution in [0.1, 0.15) is 5.69 Å². The molecule has 0 spiro atoms. The predicted octanol–water partition coefficient (Wildman–Crippen LogP) is 0.799. The SMILES string of the molecule is COc1ccc(NCc2cn(CCO)nn2)c([N+](=O)[O-])c1. The van der Waals surface area contributed by atoms with E-state index in [0.717, 1.165) is 0 Å². The Labute approximate surface area is 120 Å². The van der Waals surface area contributed by atoms with Crippen molar-refractivity contribution in [1.29, 1.82) is 0 Å². The molecule has 1 aromatic carbocycles. The molecular weight excluding hydrogens is 278 g/mol. The summed E-state index contributed by atoms with van der Waals surface area (Å²) in [7, 11) is 1.45. The van der Waals surface area contributed by atoms with Crippen molar-refractivity contribution in [2.24, 2.45) is 0 Å². The fourth-order valence-electron chi connectivity index (χ4n) is 1.76. The number of anilines is 1. The summed E-state index contributed by atoms with van der Waals surface area (Å²) in [6.07, 6.45) is 1.67. The van der Waals surface area contributed by atoms with Gasteiger partial charge in [-0.1, -0.05) is 5.21 Å². The minimum Gasteiger partial charge on any atom is -0.496 e. The van der Waals surface area contributed by atoms with Crippen LogP contribution in [0.2, 0.25) is 0 Å². The maximum Gasteiger partial charge on any atom is 0.296 e. The Morgan fingerprint density at radius 1 is 1.52 bits per heavy atom. The van der Waals surface area contributed by atoms with Crippen LogP contribution in [0.5, 0.6) is 5.75 Å². The number of nitro benzene ring substituents is 1. The molecule has 0 aliphatic carbocycles. The lowest BCUT2D eigenvalue weighted by Gasteiger charge is -2.06. The summed E-state index contributed by atoms with van der Waals surface area (Å²) in [5.41, 5.74) is 0.920. The molecule has 9 heteroatoms. The van der Waals surface area contributed by atoms with Gasteiger partial charge in [0, 0.05) is 0 Å². The summed E-state index contributed by atoms with van der Waals surface area (Å²) in [5.74, 6) is 0.418. The van der Waals surface area contributed by atoms with Gasteiger partial charge in [0.2, 0.25) is 0 Å². The second kappa shape index (κ2) is 6.66. The first-order chi connectivity index (χ1) is 10.1. The minimum absolute atomic E-state index is 0.0276. The number of nitro groups is 1. The van der Waals surface area contributed by atoms with E-state index in [1.165, 1.54) is 17.9 Å². The lowest BCUT2D eigenvalue weighted by Crippen LogP contribution is -2.03. The average molecular weight is 293 g/mol. The van der Waals surface area contributed by atoms with E-state index in [-0.39, 0.29) is 12.3 Å². The van der Waals surface area contributed by atoms with Crippen LogP contribution in [0.3, 0.4) is 0 Å². The Hall–Kier alpha value is -2.68. The number of aliphatic hydroxyl groups excluding tert-OH is 1. The molecule has 0 saturated carbocycles. The van der Waals surface area contributed by atoms with E-state index in [1.54, 1.807) is 18.3 Å². The largest absolute Gasteiger partial charge is 0.496 e. The van der Waals surface area contributed by atoms with Crippen LogP contribution in [0.15, 0.2) is 24.4 Å². The highest BCUT2D eigenvalue weighted by molar-refractivity contribution is 5.63. The molecule has 0 saturated heterocycles. The Morgan fingerprint density at radius 3 is 3.00 bits per heavy atom. The van der Waals surface area contributed by atoms with Crippen molar-refractivity contribution in [2.75, 3.05) is 19.0 Å². The maximum absolute atomic E-state index is 11.0. The van der Waals surface area contributed by atoms with Gasteiger partial charge in [0.15, 0.2) is 0 Å². The van der Waals surface area contributed by atoms with E-state index < -0.39 is 4.92 Å². The maximum atomic E-state index is 11.0. The third kappa shape index (κ3) is 3.66. The Balaban J connectivity index is 2.09. The van der Waals surface area contributed by atoms with Crippen molar-refractivity contribution in [3.63, 3.8) is 0 Å². The van der Waals surface area contributed by atoms with Crippen molar-refractivity contribution in [2.45, 2.75) is 13.1 Å². The molecule has 0 fully saturated rings. The molecule has 2 aromatic rings. The van der Waals surface area contributed by atoms with Crippen LogP contribution in [0.25, 0.3) is 0 Å². The molecule has 0 aliphatic heterocycles. The number of methoxy groups -OCH3 is 1. The highest BCUT2D eigenvalue weighted by atomic mass is 16.6. The van der Waals surface area contributed by atoms with E-state index in [0.29, 0.717) is 30.2 Å². The molecule has 0 atom stereocenters. The van der Waals surface area contributed by atoms with Crippen molar-refractivity contribution in [1.82, 2.24) is 15.0 Å². The van der Waals surface area contributed by atoms with Crippen molar-refractivity contribution < 1.29 is 14.8 Å². The molecule has 0 amide bonds.